The first-order valence-corrected chi connectivity index (χ1v) is 10.5. The average molecular weight is 454 g/mol. The Hall–Kier alpha value is -1.25. The number of hydrogen-bond donors (Lipinski definition) is 1. The summed E-state index contributed by atoms with van der Waals surface area (Å²) < 4.78 is 17.2. The summed E-state index contributed by atoms with van der Waals surface area (Å²) in [5, 5.41) is 9.90. The van der Waals surface area contributed by atoms with E-state index in [2.05, 4.69) is 39.0 Å². The number of nitrogens with zero attached hydrogens (tertiary/aromatic N) is 1. The van der Waals surface area contributed by atoms with E-state index in [4.69, 9.17) is 14.2 Å². The van der Waals surface area contributed by atoms with Crippen molar-refractivity contribution in [1.29, 1.82) is 0 Å². The minimum absolute atomic E-state index is 0.0113. The van der Waals surface area contributed by atoms with E-state index in [-0.39, 0.29) is 18.6 Å². The number of aliphatic hydroxyl groups excluding tert-OH is 1. The smallest absolute Gasteiger partial charge is 0.188 e. The molecule has 0 radical (unpaired) electrons. The molecule has 2 aromatic rings. The van der Waals surface area contributed by atoms with Crippen LogP contribution in [0.1, 0.15) is 10.8 Å². The molecule has 0 aromatic heterocycles. The van der Waals surface area contributed by atoms with Crippen LogP contribution in [0.25, 0.3) is 0 Å². The molecule has 5 nitrogen and oxygen atoms in total. The highest BCUT2D eigenvalue weighted by atomic mass is 79.9. The average Bonchev–Trinajstić information content (AvgIpc) is 2.71. The van der Waals surface area contributed by atoms with Crippen LogP contribution in [0.2, 0.25) is 0 Å². The zero-order valence-electron chi connectivity index (χ0n) is 15.3. The molecule has 1 aliphatic heterocycles. The van der Waals surface area contributed by atoms with E-state index in [1.54, 1.807) is 18.9 Å². The Bertz CT molecular complexity index is 740. The molecule has 0 bridgehead atoms. The van der Waals surface area contributed by atoms with E-state index in [1.807, 2.05) is 24.3 Å². The largest absolute Gasteiger partial charge is 0.467 e. The standard InChI is InChI=1S/C20H24BrNO4S/c1-24-14-26-19-5-3-2-4-18(19)20(13-23)27-17-11-15(21)10-16(12-17)22-6-8-25-9-7-22/h2-5,10-12,20,23H,6-9,13-14H2,1H3. The summed E-state index contributed by atoms with van der Waals surface area (Å²) in [7, 11) is 1.59. The van der Waals surface area contributed by atoms with Gasteiger partial charge in [0.1, 0.15) is 5.75 Å². The highest BCUT2D eigenvalue weighted by Gasteiger charge is 2.19. The SMILES string of the molecule is COCOc1ccccc1C(CO)Sc1cc(Br)cc(N2CCOCC2)c1. The van der Waals surface area contributed by atoms with Gasteiger partial charge in [-0.2, -0.15) is 0 Å². The molecule has 27 heavy (non-hydrogen) atoms. The van der Waals surface area contributed by atoms with Crippen LogP contribution in [-0.4, -0.2) is 51.9 Å². The number of benzene rings is 2. The number of thioether (sulfide) groups is 1. The van der Waals surface area contributed by atoms with Crippen molar-refractivity contribution in [3.05, 3.63) is 52.5 Å². The van der Waals surface area contributed by atoms with Crippen molar-refractivity contribution in [2.24, 2.45) is 0 Å². The third-order valence-electron chi connectivity index (χ3n) is 4.27. The lowest BCUT2D eigenvalue weighted by molar-refractivity contribution is 0.0502. The van der Waals surface area contributed by atoms with Gasteiger partial charge < -0.3 is 24.2 Å². The van der Waals surface area contributed by atoms with Gasteiger partial charge in [0, 0.05) is 40.8 Å². The highest BCUT2D eigenvalue weighted by molar-refractivity contribution is 9.10. The van der Waals surface area contributed by atoms with Crippen LogP contribution in [0.4, 0.5) is 5.69 Å². The van der Waals surface area contributed by atoms with Crippen molar-refractivity contribution in [3.63, 3.8) is 0 Å². The lowest BCUT2D eigenvalue weighted by atomic mass is 10.1. The van der Waals surface area contributed by atoms with Crippen molar-refractivity contribution >= 4 is 33.4 Å². The third-order valence-corrected chi connectivity index (χ3v) is 5.93. The van der Waals surface area contributed by atoms with E-state index in [0.717, 1.165) is 52.7 Å². The number of halogens is 1. The van der Waals surface area contributed by atoms with E-state index in [9.17, 15) is 5.11 Å². The molecular formula is C20H24BrNO4S. The summed E-state index contributed by atoms with van der Waals surface area (Å²) in [5.74, 6) is 0.731. The van der Waals surface area contributed by atoms with Gasteiger partial charge in [0.15, 0.2) is 6.79 Å². The van der Waals surface area contributed by atoms with Crippen LogP contribution in [0, 0.1) is 0 Å². The Kier molecular flexibility index (Phi) is 7.84. The highest BCUT2D eigenvalue weighted by Crippen LogP contribution is 2.41. The first-order chi connectivity index (χ1) is 13.2. The van der Waals surface area contributed by atoms with Crippen molar-refractivity contribution < 1.29 is 19.3 Å². The second kappa shape index (κ2) is 10.3. The molecule has 2 aromatic carbocycles. The molecule has 1 fully saturated rings. The van der Waals surface area contributed by atoms with Gasteiger partial charge in [-0.1, -0.05) is 34.1 Å². The minimum atomic E-state index is -0.134. The Morgan fingerprint density at radius 1 is 1.22 bits per heavy atom. The van der Waals surface area contributed by atoms with Crippen LogP contribution in [0.3, 0.4) is 0 Å². The number of hydrogen-bond acceptors (Lipinski definition) is 6. The van der Waals surface area contributed by atoms with Crippen molar-refractivity contribution in [1.82, 2.24) is 0 Å². The molecule has 1 aliphatic rings. The molecule has 0 saturated carbocycles. The number of morpholine rings is 1. The number of rotatable bonds is 8. The topological polar surface area (TPSA) is 51.2 Å². The maximum Gasteiger partial charge on any atom is 0.188 e. The van der Waals surface area contributed by atoms with E-state index in [0.29, 0.717) is 0 Å². The van der Waals surface area contributed by atoms with Gasteiger partial charge in [0.05, 0.1) is 25.1 Å². The molecule has 7 heteroatoms. The quantitative estimate of drug-likeness (QED) is 0.479. The summed E-state index contributed by atoms with van der Waals surface area (Å²) in [6.45, 7) is 3.46. The monoisotopic (exact) mass is 453 g/mol. The van der Waals surface area contributed by atoms with Gasteiger partial charge >= 0.3 is 0 Å². The van der Waals surface area contributed by atoms with Gasteiger partial charge in [-0.3, -0.25) is 0 Å². The van der Waals surface area contributed by atoms with Crippen LogP contribution in [0.5, 0.6) is 5.75 Å². The molecule has 3 rings (SSSR count). The van der Waals surface area contributed by atoms with Gasteiger partial charge in [-0.05, 0) is 24.3 Å². The molecule has 0 spiro atoms. The van der Waals surface area contributed by atoms with Crippen LogP contribution < -0.4 is 9.64 Å². The summed E-state index contributed by atoms with van der Waals surface area (Å²) in [6.07, 6.45) is 0. The Morgan fingerprint density at radius 2 is 2.00 bits per heavy atom. The second-order valence-electron chi connectivity index (χ2n) is 6.12. The first kappa shape index (κ1) is 20.5. The van der Waals surface area contributed by atoms with Gasteiger partial charge in [-0.25, -0.2) is 0 Å². The van der Waals surface area contributed by atoms with E-state index < -0.39 is 0 Å². The fourth-order valence-electron chi connectivity index (χ4n) is 2.98. The van der Waals surface area contributed by atoms with E-state index in [1.165, 1.54) is 0 Å². The summed E-state index contributed by atoms with van der Waals surface area (Å²) in [4.78, 5) is 3.41. The van der Waals surface area contributed by atoms with Gasteiger partial charge in [-0.15, -0.1) is 11.8 Å². The predicted molar refractivity (Wildman–Crippen MR) is 112 cm³/mol. The number of ether oxygens (including phenoxy) is 3. The molecule has 1 unspecified atom stereocenters. The maximum absolute atomic E-state index is 10.0. The lowest BCUT2D eigenvalue weighted by Crippen LogP contribution is -2.36. The fourth-order valence-corrected chi connectivity index (χ4v) is 4.73. The van der Waals surface area contributed by atoms with Gasteiger partial charge in [0.25, 0.3) is 0 Å². The number of anilines is 1. The Morgan fingerprint density at radius 3 is 2.74 bits per heavy atom. The maximum atomic E-state index is 10.0. The number of aliphatic hydroxyl groups is 1. The van der Waals surface area contributed by atoms with E-state index >= 15 is 0 Å². The Labute approximate surface area is 172 Å². The number of methoxy groups -OCH3 is 1. The predicted octanol–water partition coefficient (Wildman–Crippen LogP) is 4.09. The van der Waals surface area contributed by atoms with Crippen molar-refractivity contribution in [3.8, 4) is 5.75 Å². The van der Waals surface area contributed by atoms with Crippen LogP contribution in [0.15, 0.2) is 51.8 Å². The molecule has 0 amide bonds. The third kappa shape index (κ3) is 5.62. The normalized spacial score (nSPS) is 15.6. The summed E-state index contributed by atoms with van der Waals surface area (Å²) in [6, 6.07) is 14.1. The first-order valence-electron chi connectivity index (χ1n) is 8.82. The van der Waals surface area contributed by atoms with Gasteiger partial charge in [0.2, 0.25) is 0 Å². The second-order valence-corrected chi connectivity index (χ2v) is 8.31. The Balaban J connectivity index is 1.81. The summed E-state index contributed by atoms with van der Waals surface area (Å²) >= 11 is 5.24. The van der Waals surface area contributed by atoms with Crippen LogP contribution >= 0.6 is 27.7 Å². The molecule has 1 N–H and O–H groups in total. The summed E-state index contributed by atoms with van der Waals surface area (Å²) in [5.41, 5.74) is 2.12. The molecule has 146 valence electrons. The molecule has 0 aliphatic carbocycles. The lowest BCUT2D eigenvalue weighted by Gasteiger charge is -2.29. The van der Waals surface area contributed by atoms with Crippen LogP contribution in [-0.2, 0) is 9.47 Å². The molecule has 1 atom stereocenters. The molecule has 1 heterocycles. The number of para-hydroxylation sites is 1. The fraction of sp³-hybridized carbons (Fsp3) is 0.400. The molecule has 1 saturated heterocycles. The zero-order chi connectivity index (χ0) is 19.1. The van der Waals surface area contributed by atoms with Crippen molar-refractivity contribution in [2.45, 2.75) is 10.1 Å². The molecular weight excluding hydrogens is 430 g/mol. The van der Waals surface area contributed by atoms with Crippen molar-refractivity contribution in [2.75, 3.05) is 51.7 Å². The zero-order valence-corrected chi connectivity index (χ0v) is 17.7. The minimum Gasteiger partial charge on any atom is -0.467 e.